The molecule has 0 bridgehead atoms. The van der Waals surface area contributed by atoms with Crippen LogP contribution in [-0.2, 0) is 11.3 Å². The van der Waals surface area contributed by atoms with Crippen LogP contribution in [0.2, 0.25) is 0 Å². The van der Waals surface area contributed by atoms with Gasteiger partial charge in [0, 0.05) is 55.9 Å². The molecule has 0 spiro atoms. The van der Waals surface area contributed by atoms with Crippen molar-refractivity contribution in [2.45, 2.75) is 12.6 Å². The highest BCUT2D eigenvalue weighted by Gasteiger charge is 2.30. The maximum atomic E-state index is 11.5. The Morgan fingerprint density at radius 1 is 1.14 bits per heavy atom. The Morgan fingerprint density at radius 2 is 1.89 bits per heavy atom. The molecule has 0 radical (unpaired) electrons. The number of hydrogen-bond acceptors (Lipinski definition) is 5. The minimum absolute atomic E-state index is 0.484. The van der Waals surface area contributed by atoms with Crippen LogP contribution >= 0.6 is 0 Å². The number of hydrogen-bond donors (Lipinski definition) is 1. The molecular weight excluding hydrogens is 354 g/mol. The van der Waals surface area contributed by atoms with Crippen molar-refractivity contribution < 1.29 is 9.90 Å². The Bertz CT molecular complexity index is 942. The predicted molar refractivity (Wildman–Crippen MR) is 106 cm³/mol. The number of para-hydroxylation sites is 1. The summed E-state index contributed by atoms with van der Waals surface area (Å²) in [6, 6.07) is 13.4. The molecule has 1 aliphatic rings. The Morgan fingerprint density at radius 3 is 2.61 bits per heavy atom. The quantitative estimate of drug-likeness (QED) is 0.734. The van der Waals surface area contributed by atoms with Crippen molar-refractivity contribution in [3.63, 3.8) is 0 Å². The van der Waals surface area contributed by atoms with Crippen molar-refractivity contribution in [1.29, 1.82) is 0 Å². The van der Waals surface area contributed by atoms with Crippen LogP contribution in [0.4, 0.5) is 0 Å². The Hall–Kier alpha value is -3.03. The number of carboxylic acids is 1. The molecule has 7 heteroatoms. The number of likely N-dealkylation sites (N-methyl/N-ethyl adjacent to an activating group) is 1. The van der Waals surface area contributed by atoms with Crippen LogP contribution in [0.3, 0.4) is 0 Å². The van der Waals surface area contributed by atoms with E-state index in [0.717, 1.165) is 35.6 Å². The average Bonchev–Trinajstić information content (AvgIpc) is 3.14. The fourth-order valence-electron chi connectivity index (χ4n) is 3.57. The summed E-state index contributed by atoms with van der Waals surface area (Å²) < 4.78 is 1.88. The third-order valence-corrected chi connectivity index (χ3v) is 5.18. The van der Waals surface area contributed by atoms with Crippen LogP contribution in [0.1, 0.15) is 5.56 Å². The number of rotatable bonds is 5. The van der Waals surface area contributed by atoms with Crippen molar-refractivity contribution in [2.24, 2.45) is 0 Å². The number of carboxylic acid groups (broad SMARTS) is 1. The lowest BCUT2D eigenvalue weighted by Gasteiger charge is -2.37. The Balaban J connectivity index is 1.65. The minimum atomic E-state index is -0.776. The lowest BCUT2D eigenvalue weighted by atomic mass is 10.1. The molecule has 1 aliphatic heterocycles. The SMILES string of the molecule is CN1CCN(Cc2cn(-c3ccccc3)nc2-c2ccncc2)C[C@H]1C(=O)O. The molecule has 0 amide bonds. The highest BCUT2D eigenvalue weighted by atomic mass is 16.4. The lowest BCUT2D eigenvalue weighted by molar-refractivity contribution is -0.145. The van der Waals surface area contributed by atoms with Crippen LogP contribution in [-0.4, -0.2) is 68.4 Å². The van der Waals surface area contributed by atoms with E-state index >= 15 is 0 Å². The molecule has 0 aliphatic carbocycles. The highest BCUT2D eigenvalue weighted by molar-refractivity contribution is 5.74. The van der Waals surface area contributed by atoms with Crippen molar-refractivity contribution in [3.05, 3.63) is 66.6 Å². The molecule has 1 fully saturated rings. The lowest BCUT2D eigenvalue weighted by Crippen LogP contribution is -2.54. The number of aliphatic carboxylic acids is 1. The van der Waals surface area contributed by atoms with Gasteiger partial charge in [-0.25, -0.2) is 4.68 Å². The summed E-state index contributed by atoms with van der Waals surface area (Å²) in [5, 5.41) is 14.3. The van der Waals surface area contributed by atoms with Gasteiger partial charge in [0.1, 0.15) is 6.04 Å². The van der Waals surface area contributed by atoms with Gasteiger partial charge in [0.05, 0.1) is 11.4 Å². The third-order valence-electron chi connectivity index (χ3n) is 5.18. The average molecular weight is 377 g/mol. The molecule has 7 nitrogen and oxygen atoms in total. The zero-order chi connectivity index (χ0) is 19.5. The maximum Gasteiger partial charge on any atom is 0.322 e. The molecule has 1 atom stereocenters. The molecule has 4 rings (SSSR count). The number of piperazine rings is 1. The van der Waals surface area contributed by atoms with Crippen LogP contribution in [0.25, 0.3) is 16.9 Å². The number of pyridine rings is 1. The van der Waals surface area contributed by atoms with Gasteiger partial charge in [-0.1, -0.05) is 18.2 Å². The van der Waals surface area contributed by atoms with Crippen LogP contribution in [0, 0.1) is 0 Å². The van der Waals surface area contributed by atoms with Crippen molar-refractivity contribution in [2.75, 3.05) is 26.7 Å². The second-order valence-corrected chi connectivity index (χ2v) is 7.09. The largest absolute Gasteiger partial charge is 0.480 e. The van der Waals surface area contributed by atoms with E-state index in [1.165, 1.54) is 0 Å². The third kappa shape index (κ3) is 3.81. The van der Waals surface area contributed by atoms with Crippen LogP contribution in [0.5, 0.6) is 0 Å². The first-order chi connectivity index (χ1) is 13.6. The van der Waals surface area contributed by atoms with Gasteiger partial charge in [-0.05, 0) is 31.3 Å². The van der Waals surface area contributed by atoms with Crippen LogP contribution < -0.4 is 0 Å². The first-order valence-corrected chi connectivity index (χ1v) is 9.31. The van der Waals surface area contributed by atoms with Crippen molar-refractivity contribution in [1.82, 2.24) is 24.6 Å². The summed E-state index contributed by atoms with van der Waals surface area (Å²) in [6.45, 7) is 2.71. The summed E-state index contributed by atoms with van der Waals surface area (Å²) in [4.78, 5) is 19.7. The number of benzene rings is 1. The van der Waals surface area contributed by atoms with Gasteiger partial charge in [0.2, 0.25) is 0 Å². The molecular formula is C21H23N5O2. The second kappa shape index (κ2) is 7.92. The van der Waals surface area contributed by atoms with E-state index in [2.05, 4.69) is 9.88 Å². The van der Waals surface area contributed by atoms with E-state index in [1.54, 1.807) is 12.4 Å². The summed E-state index contributed by atoms with van der Waals surface area (Å²) in [5.41, 5.74) is 3.97. The Labute approximate surface area is 163 Å². The Kier molecular flexibility index (Phi) is 5.18. The van der Waals surface area contributed by atoms with Gasteiger partial charge in [-0.15, -0.1) is 0 Å². The highest BCUT2D eigenvalue weighted by Crippen LogP contribution is 2.25. The van der Waals surface area contributed by atoms with E-state index in [1.807, 2.05) is 65.3 Å². The van der Waals surface area contributed by atoms with E-state index in [4.69, 9.17) is 5.10 Å². The fourth-order valence-corrected chi connectivity index (χ4v) is 3.57. The van der Waals surface area contributed by atoms with E-state index in [0.29, 0.717) is 13.1 Å². The summed E-state index contributed by atoms with van der Waals surface area (Å²) in [6.07, 6.45) is 5.56. The number of aromatic nitrogens is 3. The van der Waals surface area contributed by atoms with Crippen LogP contribution in [0.15, 0.2) is 61.1 Å². The van der Waals surface area contributed by atoms with Gasteiger partial charge in [-0.2, -0.15) is 5.10 Å². The van der Waals surface area contributed by atoms with E-state index < -0.39 is 12.0 Å². The van der Waals surface area contributed by atoms with Gasteiger partial charge in [0.15, 0.2) is 0 Å². The molecule has 1 N–H and O–H groups in total. The van der Waals surface area contributed by atoms with Gasteiger partial charge >= 0.3 is 5.97 Å². The predicted octanol–water partition coefficient (Wildman–Crippen LogP) is 2.13. The van der Waals surface area contributed by atoms with Crippen molar-refractivity contribution in [3.8, 4) is 16.9 Å². The molecule has 0 unspecified atom stereocenters. The first kappa shape index (κ1) is 18.3. The normalized spacial score (nSPS) is 18.2. The zero-order valence-corrected chi connectivity index (χ0v) is 15.8. The van der Waals surface area contributed by atoms with Gasteiger partial charge < -0.3 is 5.11 Å². The summed E-state index contributed by atoms with van der Waals surface area (Å²) in [5.74, 6) is -0.776. The maximum absolute atomic E-state index is 11.5. The molecule has 3 aromatic rings. The topological polar surface area (TPSA) is 74.5 Å². The minimum Gasteiger partial charge on any atom is -0.480 e. The van der Waals surface area contributed by atoms with E-state index in [-0.39, 0.29) is 0 Å². The molecule has 2 aromatic heterocycles. The van der Waals surface area contributed by atoms with Crippen molar-refractivity contribution >= 4 is 5.97 Å². The molecule has 1 saturated heterocycles. The second-order valence-electron chi connectivity index (χ2n) is 7.09. The molecule has 1 aromatic carbocycles. The molecule has 3 heterocycles. The zero-order valence-electron chi connectivity index (χ0n) is 15.8. The number of nitrogens with zero attached hydrogens (tertiary/aromatic N) is 5. The molecule has 144 valence electrons. The van der Waals surface area contributed by atoms with Gasteiger partial charge in [0.25, 0.3) is 0 Å². The smallest absolute Gasteiger partial charge is 0.322 e. The first-order valence-electron chi connectivity index (χ1n) is 9.31. The monoisotopic (exact) mass is 377 g/mol. The van der Waals surface area contributed by atoms with Gasteiger partial charge in [-0.3, -0.25) is 19.6 Å². The fraction of sp³-hybridized carbons (Fsp3) is 0.286. The van der Waals surface area contributed by atoms with E-state index in [9.17, 15) is 9.90 Å². The summed E-state index contributed by atoms with van der Waals surface area (Å²) in [7, 11) is 1.87. The standard InChI is InChI=1S/C21H23N5O2/c1-24-11-12-25(15-19(24)21(27)28)13-17-14-26(18-5-3-2-4-6-18)23-20(17)16-7-9-22-10-8-16/h2-10,14,19H,11-13,15H2,1H3,(H,27,28)/t19-/m0/s1. The summed E-state index contributed by atoms with van der Waals surface area (Å²) >= 11 is 0. The molecule has 28 heavy (non-hydrogen) atoms. The molecule has 0 saturated carbocycles. The number of carbonyl (C=O) groups is 1.